The molecule has 0 spiro atoms. The summed E-state index contributed by atoms with van der Waals surface area (Å²) in [5, 5.41) is 4.08. The number of hydrazone groups is 1. The molecule has 32 heavy (non-hydrogen) atoms. The summed E-state index contributed by atoms with van der Waals surface area (Å²) in [4.78, 5) is 12.5. The second-order valence-corrected chi connectivity index (χ2v) is 8.36. The van der Waals surface area contributed by atoms with Crippen LogP contribution in [0.25, 0.3) is 16.9 Å². The SMILES string of the molecule is COc1ccc(/C=N/NC(=O)c2ccc(-n3c(C)ccc3-c3ccccc3)cc2)cc1I. The second kappa shape index (κ2) is 9.82. The summed E-state index contributed by atoms with van der Waals surface area (Å²) >= 11 is 2.20. The molecule has 1 aromatic heterocycles. The van der Waals surface area contributed by atoms with Gasteiger partial charge in [0.15, 0.2) is 0 Å². The fourth-order valence-corrected chi connectivity index (χ4v) is 4.23. The lowest BCUT2D eigenvalue weighted by atomic mass is 10.1. The fraction of sp³-hybridized carbons (Fsp3) is 0.0769. The standard InChI is InChI=1S/C26H22IN3O2/c1-18-8-14-24(20-6-4-3-5-7-20)30(18)22-12-10-21(11-13-22)26(31)29-28-17-19-9-15-25(32-2)23(27)16-19/h3-17H,1-2H3,(H,29,31)/b28-17+. The van der Waals surface area contributed by atoms with E-state index in [4.69, 9.17) is 4.74 Å². The van der Waals surface area contributed by atoms with Crippen molar-refractivity contribution in [3.8, 4) is 22.7 Å². The summed E-state index contributed by atoms with van der Waals surface area (Å²) in [7, 11) is 1.64. The van der Waals surface area contributed by atoms with Crippen molar-refractivity contribution >= 4 is 34.7 Å². The van der Waals surface area contributed by atoms with Crippen molar-refractivity contribution in [2.24, 2.45) is 5.10 Å². The number of methoxy groups -OCH3 is 1. The molecule has 1 N–H and O–H groups in total. The second-order valence-electron chi connectivity index (χ2n) is 7.20. The van der Waals surface area contributed by atoms with Gasteiger partial charge in [-0.15, -0.1) is 0 Å². The third-order valence-corrected chi connectivity index (χ3v) is 5.93. The minimum absolute atomic E-state index is 0.261. The van der Waals surface area contributed by atoms with Gasteiger partial charge < -0.3 is 9.30 Å². The zero-order valence-corrected chi connectivity index (χ0v) is 19.9. The van der Waals surface area contributed by atoms with E-state index >= 15 is 0 Å². The summed E-state index contributed by atoms with van der Waals surface area (Å²) in [6, 6.07) is 27.7. The molecule has 0 radical (unpaired) electrons. The van der Waals surface area contributed by atoms with Crippen molar-refractivity contribution in [1.29, 1.82) is 0 Å². The number of aryl methyl sites for hydroxylation is 1. The normalized spacial score (nSPS) is 11.0. The lowest BCUT2D eigenvalue weighted by Gasteiger charge is -2.12. The molecule has 3 aromatic carbocycles. The third-order valence-electron chi connectivity index (χ3n) is 5.09. The number of halogens is 1. The average molecular weight is 535 g/mol. The van der Waals surface area contributed by atoms with Crippen LogP contribution in [0.3, 0.4) is 0 Å². The highest BCUT2D eigenvalue weighted by molar-refractivity contribution is 14.1. The van der Waals surface area contributed by atoms with E-state index in [0.717, 1.165) is 37.5 Å². The summed E-state index contributed by atoms with van der Waals surface area (Å²) in [6.07, 6.45) is 1.61. The molecule has 4 aromatic rings. The number of nitrogens with zero attached hydrogens (tertiary/aromatic N) is 2. The molecule has 0 bridgehead atoms. The first-order valence-corrected chi connectivity index (χ1v) is 11.2. The van der Waals surface area contributed by atoms with Crippen molar-refractivity contribution in [2.45, 2.75) is 6.92 Å². The van der Waals surface area contributed by atoms with E-state index in [9.17, 15) is 4.79 Å². The Labute approximate surface area is 200 Å². The van der Waals surface area contributed by atoms with Gasteiger partial charge in [0.25, 0.3) is 5.91 Å². The Morgan fingerprint density at radius 1 is 1.00 bits per heavy atom. The molecule has 1 amide bonds. The topological polar surface area (TPSA) is 55.6 Å². The maximum Gasteiger partial charge on any atom is 0.271 e. The van der Waals surface area contributed by atoms with Gasteiger partial charge in [-0.25, -0.2) is 5.43 Å². The Balaban J connectivity index is 1.48. The van der Waals surface area contributed by atoms with Crippen LogP contribution in [-0.4, -0.2) is 23.8 Å². The van der Waals surface area contributed by atoms with Gasteiger partial charge in [0, 0.05) is 16.9 Å². The van der Waals surface area contributed by atoms with Crippen LogP contribution in [0.15, 0.2) is 90.0 Å². The van der Waals surface area contributed by atoms with Gasteiger partial charge in [0.05, 0.1) is 22.6 Å². The van der Waals surface area contributed by atoms with Crippen molar-refractivity contribution in [3.63, 3.8) is 0 Å². The van der Waals surface area contributed by atoms with Crippen LogP contribution in [0, 0.1) is 10.5 Å². The largest absolute Gasteiger partial charge is 0.496 e. The first kappa shape index (κ1) is 21.8. The minimum Gasteiger partial charge on any atom is -0.496 e. The predicted octanol–water partition coefficient (Wildman–Crippen LogP) is 5.83. The maximum atomic E-state index is 12.5. The van der Waals surface area contributed by atoms with Gasteiger partial charge in [-0.2, -0.15) is 5.10 Å². The monoisotopic (exact) mass is 535 g/mol. The molecule has 5 nitrogen and oxygen atoms in total. The van der Waals surface area contributed by atoms with E-state index in [1.165, 1.54) is 0 Å². The van der Waals surface area contributed by atoms with E-state index in [2.05, 4.69) is 68.9 Å². The summed E-state index contributed by atoms with van der Waals surface area (Å²) < 4.78 is 8.41. The zero-order valence-electron chi connectivity index (χ0n) is 17.7. The number of benzene rings is 3. The molecule has 0 fully saturated rings. The van der Waals surface area contributed by atoms with E-state index in [1.807, 2.05) is 60.7 Å². The van der Waals surface area contributed by atoms with Crippen molar-refractivity contribution in [3.05, 3.63) is 105 Å². The maximum absolute atomic E-state index is 12.5. The van der Waals surface area contributed by atoms with Crippen LogP contribution in [0.4, 0.5) is 0 Å². The van der Waals surface area contributed by atoms with Gasteiger partial charge in [-0.1, -0.05) is 30.3 Å². The Morgan fingerprint density at radius 3 is 2.44 bits per heavy atom. The Hall–Kier alpha value is -3.39. The molecule has 0 saturated heterocycles. The number of aromatic nitrogens is 1. The molecule has 0 aliphatic heterocycles. The Kier molecular flexibility index (Phi) is 6.70. The molecular weight excluding hydrogens is 513 g/mol. The third kappa shape index (κ3) is 4.75. The average Bonchev–Trinajstić information content (AvgIpc) is 3.21. The molecule has 0 saturated carbocycles. The molecule has 4 rings (SSSR count). The number of ether oxygens (including phenoxy) is 1. The fourth-order valence-electron chi connectivity index (χ4n) is 3.47. The molecule has 0 aliphatic rings. The zero-order chi connectivity index (χ0) is 22.5. The van der Waals surface area contributed by atoms with E-state index in [1.54, 1.807) is 13.3 Å². The van der Waals surface area contributed by atoms with Crippen LogP contribution in [0.1, 0.15) is 21.6 Å². The van der Waals surface area contributed by atoms with Gasteiger partial charge in [-0.3, -0.25) is 4.79 Å². The van der Waals surface area contributed by atoms with Gasteiger partial charge >= 0.3 is 0 Å². The lowest BCUT2D eigenvalue weighted by Crippen LogP contribution is -2.17. The van der Waals surface area contributed by atoms with Crippen LogP contribution in [0.5, 0.6) is 5.75 Å². The summed E-state index contributed by atoms with van der Waals surface area (Å²) in [5.41, 5.74) is 8.39. The molecular formula is C26H22IN3O2. The highest BCUT2D eigenvalue weighted by Crippen LogP contribution is 2.26. The first-order chi connectivity index (χ1) is 15.6. The highest BCUT2D eigenvalue weighted by Gasteiger charge is 2.11. The van der Waals surface area contributed by atoms with Crippen LogP contribution < -0.4 is 10.2 Å². The Morgan fingerprint density at radius 2 is 1.75 bits per heavy atom. The van der Waals surface area contributed by atoms with Gasteiger partial charge in [0.1, 0.15) is 5.75 Å². The molecule has 0 aliphatic carbocycles. The smallest absolute Gasteiger partial charge is 0.271 e. The Bertz CT molecular complexity index is 1260. The van der Waals surface area contributed by atoms with E-state index < -0.39 is 0 Å². The minimum atomic E-state index is -0.261. The predicted molar refractivity (Wildman–Crippen MR) is 137 cm³/mol. The van der Waals surface area contributed by atoms with Gasteiger partial charge in [0.2, 0.25) is 0 Å². The molecule has 0 atom stereocenters. The number of carbonyl (C=O) groups excluding carboxylic acids is 1. The quantitative estimate of drug-likeness (QED) is 0.192. The van der Waals surface area contributed by atoms with E-state index in [0.29, 0.717) is 5.56 Å². The van der Waals surface area contributed by atoms with Gasteiger partial charge in [-0.05, 0) is 95.2 Å². The number of amides is 1. The van der Waals surface area contributed by atoms with Crippen LogP contribution in [0.2, 0.25) is 0 Å². The van der Waals surface area contributed by atoms with Crippen LogP contribution >= 0.6 is 22.6 Å². The number of nitrogens with one attached hydrogen (secondary N) is 1. The molecule has 1 heterocycles. The van der Waals surface area contributed by atoms with Crippen molar-refractivity contribution in [2.75, 3.05) is 7.11 Å². The van der Waals surface area contributed by atoms with Crippen molar-refractivity contribution < 1.29 is 9.53 Å². The highest BCUT2D eigenvalue weighted by atomic mass is 127. The lowest BCUT2D eigenvalue weighted by molar-refractivity contribution is 0.0955. The number of carbonyl (C=O) groups is 1. The van der Waals surface area contributed by atoms with Crippen molar-refractivity contribution in [1.82, 2.24) is 9.99 Å². The molecule has 0 unspecified atom stereocenters. The first-order valence-electron chi connectivity index (χ1n) is 10.1. The van der Waals surface area contributed by atoms with E-state index in [-0.39, 0.29) is 5.91 Å². The number of hydrogen-bond donors (Lipinski definition) is 1. The summed E-state index contributed by atoms with van der Waals surface area (Å²) in [5.74, 6) is 0.545. The molecule has 160 valence electrons. The number of rotatable bonds is 6. The van der Waals surface area contributed by atoms with Crippen LogP contribution in [-0.2, 0) is 0 Å². The molecule has 6 heteroatoms. The summed E-state index contributed by atoms with van der Waals surface area (Å²) in [6.45, 7) is 2.07. The number of hydrogen-bond acceptors (Lipinski definition) is 3.